The van der Waals surface area contributed by atoms with Gasteiger partial charge in [-0.25, -0.2) is 5.43 Å². The third kappa shape index (κ3) is 5.87. The first-order chi connectivity index (χ1) is 19.7. The predicted octanol–water partition coefficient (Wildman–Crippen LogP) is 6.45. The van der Waals surface area contributed by atoms with Gasteiger partial charge in [0, 0.05) is 12.1 Å². The van der Waals surface area contributed by atoms with Crippen LogP contribution in [0.2, 0.25) is 0 Å². The van der Waals surface area contributed by atoms with Crippen LogP contribution in [0, 0.1) is 0 Å². The van der Waals surface area contributed by atoms with Gasteiger partial charge in [0.05, 0.1) is 12.6 Å². The van der Waals surface area contributed by atoms with Gasteiger partial charge in [0.1, 0.15) is 11.6 Å². The second kappa shape index (κ2) is 11.8. The monoisotopic (exact) mass is 543 g/mol. The molecule has 40 heavy (non-hydrogen) atoms. The summed E-state index contributed by atoms with van der Waals surface area (Å²) in [5.41, 5.74) is 5.63. The van der Waals surface area contributed by atoms with Crippen molar-refractivity contribution in [1.29, 1.82) is 0 Å². The van der Waals surface area contributed by atoms with Crippen LogP contribution in [-0.2, 0) is 17.6 Å². The number of para-hydroxylation sites is 1. The summed E-state index contributed by atoms with van der Waals surface area (Å²) in [6, 6.07) is 37.9. The SMILES string of the molecule is O=C(Cc1ccccc1)N/N=C/c1ccc(Sc2nnc(Cc3cccc4ccccc34)n2-c2ccccc2)o1. The van der Waals surface area contributed by atoms with Gasteiger partial charge in [-0.15, -0.1) is 10.2 Å². The molecular weight excluding hydrogens is 518 g/mol. The van der Waals surface area contributed by atoms with E-state index in [4.69, 9.17) is 4.42 Å². The molecule has 0 aliphatic carbocycles. The van der Waals surface area contributed by atoms with E-state index < -0.39 is 0 Å². The van der Waals surface area contributed by atoms with Gasteiger partial charge in [0.15, 0.2) is 5.09 Å². The fraction of sp³-hybridized carbons (Fsp3) is 0.0625. The number of carbonyl (C=O) groups is 1. The predicted molar refractivity (Wildman–Crippen MR) is 157 cm³/mol. The Balaban J connectivity index is 1.20. The van der Waals surface area contributed by atoms with E-state index in [9.17, 15) is 4.79 Å². The maximum absolute atomic E-state index is 12.1. The molecule has 0 aliphatic heterocycles. The van der Waals surface area contributed by atoms with E-state index >= 15 is 0 Å². The minimum atomic E-state index is -0.196. The minimum absolute atomic E-state index is 0.196. The highest BCUT2D eigenvalue weighted by molar-refractivity contribution is 7.99. The van der Waals surface area contributed by atoms with Gasteiger partial charge in [0.2, 0.25) is 11.1 Å². The molecule has 0 spiro atoms. The zero-order chi connectivity index (χ0) is 27.1. The minimum Gasteiger partial charge on any atom is -0.448 e. The first-order valence-electron chi connectivity index (χ1n) is 12.8. The molecule has 0 atom stereocenters. The number of rotatable bonds is 9. The molecule has 1 N–H and O–H groups in total. The first kappa shape index (κ1) is 25.3. The van der Waals surface area contributed by atoms with Gasteiger partial charge in [-0.1, -0.05) is 91.0 Å². The molecule has 0 saturated carbocycles. The van der Waals surface area contributed by atoms with Gasteiger partial charge < -0.3 is 4.42 Å². The molecule has 196 valence electrons. The highest BCUT2D eigenvalue weighted by atomic mass is 32.2. The molecule has 2 heterocycles. The van der Waals surface area contributed by atoms with Gasteiger partial charge in [-0.3, -0.25) is 9.36 Å². The Morgan fingerprint density at radius 1 is 0.850 bits per heavy atom. The summed E-state index contributed by atoms with van der Waals surface area (Å²) in [4.78, 5) is 12.1. The molecule has 6 aromatic rings. The Bertz CT molecular complexity index is 1770. The third-order valence-electron chi connectivity index (χ3n) is 6.33. The number of hydrazone groups is 1. The number of carbonyl (C=O) groups excluding carboxylic acids is 1. The van der Waals surface area contributed by atoms with E-state index in [2.05, 4.69) is 61.7 Å². The Morgan fingerprint density at radius 2 is 1.60 bits per heavy atom. The second-order valence-corrected chi connectivity index (χ2v) is 10.1. The molecule has 4 aromatic carbocycles. The van der Waals surface area contributed by atoms with Crippen LogP contribution in [0.4, 0.5) is 0 Å². The normalized spacial score (nSPS) is 11.3. The van der Waals surface area contributed by atoms with E-state index in [1.165, 1.54) is 34.3 Å². The van der Waals surface area contributed by atoms with Crippen LogP contribution in [0.15, 0.2) is 135 Å². The van der Waals surface area contributed by atoms with Crippen LogP contribution in [0.1, 0.15) is 22.7 Å². The summed E-state index contributed by atoms with van der Waals surface area (Å²) < 4.78 is 8.01. The van der Waals surface area contributed by atoms with Crippen LogP contribution in [0.5, 0.6) is 0 Å². The Kier molecular flexibility index (Phi) is 7.50. The summed E-state index contributed by atoms with van der Waals surface area (Å²) in [6.45, 7) is 0. The van der Waals surface area contributed by atoms with E-state index in [0.717, 1.165) is 17.1 Å². The van der Waals surface area contributed by atoms with E-state index in [1.54, 1.807) is 6.07 Å². The fourth-order valence-corrected chi connectivity index (χ4v) is 5.31. The van der Waals surface area contributed by atoms with Crippen molar-refractivity contribution < 1.29 is 9.21 Å². The van der Waals surface area contributed by atoms with Crippen molar-refractivity contribution in [3.63, 3.8) is 0 Å². The number of aromatic nitrogens is 3. The highest BCUT2D eigenvalue weighted by Crippen LogP contribution is 2.31. The quantitative estimate of drug-likeness (QED) is 0.167. The Hall–Kier alpha value is -4.95. The average molecular weight is 544 g/mol. The van der Waals surface area contributed by atoms with Crippen LogP contribution in [0.3, 0.4) is 0 Å². The van der Waals surface area contributed by atoms with Crippen molar-refractivity contribution in [2.24, 2.45) is 5.10 Å². The maximum atomic E-state index is 12.1. The number of fused-ring (bicyclic) bond motifs is 1. The van der Waals surface area contributed by atoms with Crippen molar-refractivity contribution in [3.05, 3.63) is 138 Å². The molecule has 0 saturated heterocycles. The number of nitrogens with zero attached hydrogens (tertiary/aromatic N) is 4. The molecule has 1 amide bonds. The van der Waals surface area contributed by atoms with E-state index in [1.807, 2.05) is 72.8 Å². The lowest BCUT2D eigenvalue weighted by Crippen LogP contribution is -2.19. The Morgan fingerprint density at radius 3 is 2.45 bits per heavy atom. The van der Waals surface area contributed by atoms with E-state index in [0.29, 0.717) is 22.4 Å². The number of nitrogens with one attached hydrogen (secondary N) is 1. The van der Waals surface area contributed by atoms with Crippen molar-refractivity contribution in [2.75, 3.05) is 0 Å². The lowest BCUT2D eigenvalue weighted by atomic mass is 10.0. The van der Waals surface area contributed by atoms with Crippen molar-refractivity contribution >= 4 is 34.7 Å². The lowest BCUT2D eigenvalue weighted by Gasteiger charge is -2.11. The smallest absolute Gasteiger partial charge is 0.244 e. The molecule has 8 heteroatoms. The van der Waals surface area contributed by atoms with Crippen LogP contribution >= 0.6 is 11.8 Å². The number of hydrogen-bond acceptors (Lipinski definition) is 6. The molecule has 2 aromatic heterocycles. The molecule has 0 bridgehead atoms. The number of benzene rings is 4. The molecule has 6 rings (SSSR count). The van der Waals surface area contributed by atoms with Crippen molar-refractivity contribution in [3.8, 4) is 5.69 Å². The van der Waals surface area contributed by atoms with Gasteiger partial charge in [-0.2, -0.15) is 5.10 Å². The second-order valence-electron chi connectivity index (χ2n) is 9.10. The van der Waals surface area contributed by atoms with E-state index in [-0.39, 0.29) is 12.3 Å². The molecule has 0 unspecified atom stereocenters. The molecular formula is C32H25N5O2S. The fourth-order valence-electron chi connectivity index (χ4n) is 4.47. The van der Waals surface area contributed by atoms with Crippen LogP contribution in [0.25, 0.3) is 16.5 Å². The molecule has 7 nitrogen and oxygen atoms in total. The average Bonchev–Trinajstić information content (AvgIpc) is 3.61. The van der Waals surface area contributed by atoms with Gasteiger partial charge >= 0.3 is 0 Å². The van der Waals surface area contributed by atoms with Crippen molar-refractivity contribution in [2.45, 2.75) is 23.1 Å². The number of hydrogen-bond donors (Lipinski definition) is 1. The molecule has 0 fully saturated rings. The zero-order valence-corrected chi connectivity index (χ0v) is 22.3. The largest absolute Gasteiger partial charge is 0.448 e. The van der Waals surface area contributed by atoms with Crippen LogP contribution in [-0.4, -0.2) is 26.9 Å². The summed E-state index contributed by atoms with van der Waals surface area (Å²) in [5, 5.41) is 16.9. The lowest BCUT2D eigenvalue weighted by molar-refractivity contribution is -0.120. The third-order valence-corrected chi connectivity index (χ3v) is 7.19. The topological polar surface area (TPSA) is 85.3 Å². The number of amides is 1. The summed E-state index contributed by atoms with van der Waals surface area (Å²) >= 11 is 1.38. The summed E-state index contributed by atoms with van der Waals surface area (Å²) in [7, 11) is 0. The summed E-state index contributed by atoms with van der Waals surface area (Å²) in [6.07, 6.45) is 2.37. The standard InChI is InChI=1S/C32H25N5O2S/c38-30(20-23-10-3-1-4-11-23)35-33-22-27-18-19-31(39-27)40-32-36-34-29(37(32)26-15-5-2-6-16-26)21-25-14-9-13-24-12-7-8-17-28(24)25/h1-19,22H,20-21H2,(H,35,38)/b33-22+. The van der Waals surface area contributed by atoms with Gasteiger partial charge in [-0.05, 0) is 57.9 Å². The number of furan rings is 1. The molecule has 0 aliphatic rings. The van der Waals surface area contributed by atoms with Crippen molar-refractivity contribution in [1.82, 2.24) is 20.2 Å². The first-order valence-corrected chi connectivity index (χ1v) is 13.6. The summed E-state index contributed by atoms with van der Waals surface area (Å²) in [5.74, 6) is 1.15. The highest BCUT2D eigenvalue weighted by Gasteiger charge is 2.18. The van der Waals surface area contributed by atoms with Gasteiger partial charge in [0.25, 0.3) is 0 Å². The maximum Gasteiger partial charge on any atom is 0.244 e. The van der Waals surface area contributed by atoms with Crippen LogP contribution < -0.4 is 5.43 Å². The molecule has 0 radical (unpaired) electrons. The Labute approximate surface area is 235 Å². The zero-order valence-electron chi connectivity index (χ0n) is 21.5.